The van der Waals surface area contributed by atoms with Crippen LogP contribution in [-0.2, 0) is 0 Å². The third-order valence-corrected chi connectivity index (χ3v) is 7.72. The number of nitrogens with one attached hydrogen (secondary N) is 1. The Hall–Kier alpha value is -1.23. The number of carbonyl (C=O) groups excluding carboxylic acids is 1. The Labute approximate surface area is 153 Å². The number of amides is 1. The van der Waals surface area contributed by atoms with E-state index in [4.69, 9.17) is 4.74 Å². The van der Waals surface area contributed by atoms with E-state index >= 15 is 0 Å². The molecule has 4 saturated carbocycles. The minimum Gasteiger partial charge on any atom is -0.473 e. The third-order valence-electron chi connectivity index (χ3n) is 6.59. The standard InChI is InChI=1S/C20H26N2O2S/c23-19(16-1-3-21-18(8-16)24-17-2-4-25-12-17)22-20-9-13-5-14(10-20)7-15(6-13)11-20/h1,3,8,13-15,17H,2,4-7,9-12H2,(H,22,23). The van der Waals surface area contributed by atoms with Gasteiger partial charge in [-0.1, -0.05) is 0 Å². The van der Waals surface area contributed by atoms with Gasteiger partial charge in [-0.3, -0.25) is 4.79 Å². The van der Waals surface area contributed by atoms with Crippen LogP contribution in [0.15, 0.2) is 18.3 Å². The Morgan fingerprint density at radius 3 is 2.56 bits per heavy atom. The van der Waals surface area contributed by atoms with Gasteiger partial charge >= 0.3 is 0 Å². The van der Waals surface area contributed by atoms with Crippen LogP contribution in [0.4, 0.5) is 0 Å². The normalized spacial score (nSPS) is 38.7. The molecule has 1 aliphatic heterocycles. The first kappa shape index (κ1) is 16.0. The number of hydrogen-bond donors (Lipinski definition) is 1. The van der Waals surface area contributed by atoms with Gasteiger partial charge in [0.15, 0.2) is 0 Å². The van der Waals surface area contributed by atoms with Crippen molar-refractivity contribution in [2.45, 2.75) is 56.6 Å². The van der Waals surface area contributed by atoms with Gasteiger partial charge in [0, 0.05) is 29.1 Å². The van der Waals surface area contributed by atoms with Gasteiger partial charge in [0.2, 0.25) is 5.88 Å². The Bertz CT molecular complexity index is 636. The van der Waals surface area contributed by atoms with Crippen molar-refractivity contribution in [3.8, 4) is 5.88 Å². The zero-order valence-electron chi connectivity index (χ0n) is 14.6. The molecular weight excluding hydrogens is 332 g/mol. The number of carbonyl (C=O) groups is 1. The molecule has 1 aromatic rings. The zero-order valence-corrected chi connectivity index (χ0v) is 15.4. The molecule has 0 aromatic carbocycles. The van der Waals surface area contributed by atoms with Crippen molar-refractivity contribution in [3.63, 3.8) is 0 Å². The first-order chi connectivity index (χ1) is 12.2. The molecule has 4 bridgehead atoms. The predicted octanol–water partition coefficient (Wildman–Crippen LogP) is 3.66. The van der Waals surface area contributed by atoms with Crippen LogP contribution in [0, 0.1) is 17.8 Å². The number of rotatable bonds is 4. The second-order valence-corrected chi connectivity index (χ2v) is 9.79. The number of thioether (sulfide) groups is 1. The van der Waals surface area contributed by atoms with Gasteiger partial charge < -0.3 is 10.1 Å². The van der Waals surface area contributed by atoms with Crippen LogP contribution < -0.4 is 10.1 Å². The molecule has 1 N–H and O–H groups in total. The van der Waals surface area contributed by atoms with Crippen molar-refractivity contribution in [2.75, 3.05) is 11.5 Å². The van der Waals surface area contributed by atoms with Crippen molar-refractivity contribution in [1.29, 1.82) is 0 Å². The van der Waals surface area contributed by atoms with Gasteiger partial charge in [-0.15, -0.1) is 0 Å². The fraction of sp³-hybridized carbons (Fsp3) is 0.700. The molecule has 4 aliphatic carbocycles. The summed E-state index contributed by atoms with van der Waals surface area (Å²) in [7, 11) is 0. The van der Waals surface area contributed by atoms with Gasteiger partial charge in [-0.25, -0.2) is 4.98 Å². The lowest BCUT2D eigenvalue weighted by molar-refractivity contribution is -0.0167. The third kappa shape index (κ3) is 3.16. The topological polar surface area (TPSA) is 51.2 Å². The zero-order chi connectivity index (χ0) is 16.9. The molecule has 5 aliphatic rings. The van der Waals surface area contributed by atoms with E-state index in [1.165, 1.54) is 38.5 Å². The Kier molecular flexibility index (Phi) is 3.95. The van der Waals surface area contributed by atoms with E-state index in [-0.39, 0.29) is 17.6 Å². The molecule has 1 amide bonds. The largest absolute Gasteiger partial charge is 0.473 e. The summed E-state index contributed by atoms with van der Waals surface area (Å²) in [5.74, 6) is 5.32. The van der Waals surface area contributed by atoms with Gasteiger partial charge in [-0.05, 0) is 74.5 Å². The van der Waals surface area contributed by atoms with E-state index in [2.05, 4.69) is 10.3 Å². The van der Waals surface area contributed by atoms with E-state index in [1.807, 2.05) is 23.9 Å². The average Bonchev–Trinajstić information content (AvgIpc) is 3.06. The minimum atomic E-state index is 0.0509. The summed E-state index contributed by atoms with van der Waals surface area (Å²) in [4.78, 5) is 17.2. The molecule has 1 saturated heterocycles. The molecule has 1 unspecified atom stereocenters. The second kappa shape index (κ2) is 6.19. The predicted molar refractivity (Wildman–Crippen MR) is 99.0 cm³/mol. The van der Waals surface area contributed by atoms with Gasteiger partial charge in [-0.2, -0.15) is 11.8 Å². The Balaban J connectivity index is 1.29. The molecule has 6 rings (SSSR count). The lowest BCUT2D eigenvalue weighted by Gasteiger charge is -2.56. The van der Waals surface area contributed by atoms with Gasteiger partial charge in [0.1, 0.15) is 6.10 Å². The molecule has 5 heteroatoms. The number of pyridine rings is 1. The van der Waals surface area contributed by atoms with Crippen LogP contribution in [-0.4, -0.2) is 34.0 Å². The number of aromatic nitrogens is 1. The van der Waals surface area contributed by atoms with Crippen LogP contribution >= 0.6 is 11.8 Å². The Morgan fingerprint density at radius 1 is 1.20 bits per heavy atom. The number of hydrogen-bond acceptors (Lipinski definition) is 4. The van der Waals surface area contributed by atoms with Crippen LogP contribution in [0.2, 0.25) is 0 Å². The SMILES string of the molecule is O=C(NC12CC3CC(CC(C3)C1)C2)c1ccnc(OC2CCSC2)c1. The maximum Gasteiger partial charge on any atom is 0.251 e. The van der Waals surface area contributed by atoms with E-state index in [0.717, 1.165) is 35.7 Å². The number of ether oxygens (including phenoxy) is 1. The molecule has 134 valence electrons. The lowest BCUT2D eigenvalue weighted by atomic mass is 9.53. The molecule has 0 spiro atoms. The molecule has 2 heterocycles. The van der Waals surface area contributed by atoms with Crippen molar-refractivity contribution in [2.24, 2.45) is 17.8 Å². The summed E-state index contributed by atoms with van der Waals surface area (Å²) in [6.07, 6.45) is 10.7. The summed E-state index contributed by atoms with van der Waals surface area (Å²) < 4.78 is 5.95. The fourth-order valence-electron chi connectivity index (χ4n) is 5.97. The molecule has 0 radical (unpaired) electrons. The van der Waals surface area contributed by atoms with E-state index in [9.17, 15) is 4.79 Å². The summed E-state index contributed by atoms with van der Waals surface area (Å²) in [5.41, 5.74) is 0.740. The number of nitrogens with zero attached hydrogens (tertiary/aromatic N) is 1. The monoisotopic (exact) mass is 358 g/mol. The molecule has 4 nitrogen and oxygen atoms in total. The van der Waals surface area contributed by atoms with Gasteiger partial charge in [0.05, 0.1) is 0 Å². The van der Waals surface area contributed by atoms with Crippen LogP contribution in [0.5, 0.6) is 5.88 Å². The van der Waals surface area contributed by atoms with E-state index < -0.39 is 0 Å². The minimum absolute atomic E-state index is 0.0509. The van der Waals surface area contributed by atoms with Crippen molar-refractivity contribution in [1.82, 2.24) is 10.3 Å². The molecule has 25 heavy (non-hydrogen) atoms. The van der Waals surface area contributed by atoms with Crippen LogP contribution in [0.25, 0.3) is 0 Å². The van der Waals surface area contributed by atoms with Crippen LogP contribution in [0.1, 0.15) is 55.3 Å². The summed E-state index contributed by atoms with van der Waals surface area (Å²) >= 11 is 1.92. The maximum absolute atomic E-state index is 12.9. The highest BCUT2D eigenvalue weighted by Crippen LogP contribution is 2.55. The highest BCUT2D eigenvalue weighted by molar-refractivity contribution is 7.99. The van der Waals surface area contributed by atoms with E-state index in [0.29, 0.717) is 11.4 Å². The molecule has 5 fully saturated rings. The highest BCUT2D eigenvalue weighted by atomic mass is 32.2. The second-order valence-electron chi connectivity index (χ2n) is 8.64. The average molecular weight is 359 g/mol. The summed E-state index contributed by atoms with van der Waals surface area (Å²) in [5, 5.41) is 3.44. The fourth-order valence-corrected chi connectivity index (χ4v) is 7.06. The van der Waals surface area contributed by atoms with Gasteiger partial charge in [0.25, 0.3) is 5.91 Å². The van der Waals surface area contributed by atoms with Crippen molar-refractivity contribution in [3.05, 3.63) is 23.9 Å². The lowest BCUT2D eigenvalue weighted by Crippen LogP contribution is -2.59. The van der Waals surface area contributed by atoms with Crippen molar-refractivity contribution < 1.29 is 9.53 Å². The quantitative estimate of drug-likeness (QED) is 0.892. The van der Waals surface area contributed by atoms with E-state index in [1.54, 1.807) is 6.20 Å². The smallest absolute Gasteiger partial charge is 0.251 e. The first-order valence-electron chi connectivity index (χ1n) is 9.70. The molecular formula is C20H26N2O2S. The molecule has 1 atom stereocenters. The summed E-state index contributed by atoms with van der Waals surface area (Å²) in [6, 6.07) is 3.63. The highest BCUT2D eigenvalue weighted by Gasteiger charge is 2.51. The Morgan fingerprint density at radius 2 is 1.92 bits per heavy atom. The van der Waals surface area contributed by atoms with Crippen molar-refractivity contribution >= 4 is 17.7 Å². The first-order valence-corrected chi connectivity index (χ1v) is 10.9. The van der Waals surface area contributed by atoms with Crippen LogP contribution in [0.3, 0.4) is 0 Å². The molecule has 1 aromatic heterocycles. The maximum atomic E-state index is 12.9. The summed E-state index contributed by atoms with van der Waals surface area (Å²) in [6.45, 7) is 0.